The van der Waals surface area contributed by atoms with Gasteiger partial charge in [0.1, 0.15) is 30.1 Å². The Morgan fingerprint density at radius 3 is 2.72 bits per heavy atom. The zero-order chi connectivity index (χ0) is 25.8. The number of carbonyl (C=O) groups excluding carboxylic acids is 1. The first-order valence-electron chi connectivity index (χ1n) is 12.0. The highest BCUT2D eigenvalue weighted by atomic mass is 19.1. The zero-order valence-electron chi connectivity index (χ0n) is 20.5. The molecule has 0 atom stereocenters. The predicted molar refractivity (Wildman–Crippen MR) is 129 cm³/mol. The topological polar surface area (TPSA) is 152 Å². The van der Waals surface area contributed by atoms with Gasteiger partial charge in [0.05, 0.1) is 30.8 Å². The maximum Gasteiger partial charge on any atom is 0.319 e. The normalized spacial score (nSPS) is 17.2. The lowest BCUT2D eigenvalue weighted by atomic mass is 9.98. The summed E-state index contributed by atoms with van der Waals surface area (Å²) in [5, 5.41) is 11.9. The standard InChI is InChI=1S/C24H31FN8O3/c1-23(2,25)13-29-21(34)17-9-19(32-22(31-17)36-14-24(12-26)5-6-24)33-7-3-16(4-8-33)11-35-18-10-28-15-30-20(18)27/h9-10,15-16H,3-8,11,13-14H2,1-2H3,(H,29,34)(H2,27,28,30). The average molecular weight is 499 g/mol. The van der Waals surface area contributed by atoms with Gasteiger partial charge in [-0.1, -0.05) is 0 Å². The molecule has 12 heteroatoms. The highest BCUT2D eigenvalue weighted by Crippen LogP contribution is 2.44. The first kappa shape index (κ1) is 25.3. The van der Waals surface area contributed by atoms with E-state index in [1.54, 1.807) is 12.3 Å². The maximum absolute atomic E-state index is 13.9. The number of nitrogens with two attached hydrogens (primary N) is 1. The minimum Gasteiger partial charge on any atom is -0.488 e. The van der Waals surface area contributed by atoms with Gasteiger partial charge in [-0.05, 0) is 45.4 Å². The van der Waals surface area contributed by atoms with Gasteiger partial charge in [0, 0.05) is 19.2 Å². The Morgan fingerprint density at radius 1 is 1.33 bits per heavy atom. The van der Waals surface area contributed by atoms with Gasteiger partial charge < -0.3 is 25.4 Å². The second kappa shape index (κ2) is 10.5. The first-order valence-corrected chi connectivity index (χ1v) is 12.0. The van der Waals surface area contributed by atoms with Crippen molar-refractivity contribution in [1.82, 2.24) is 25.3 Å². The van der Waals surface area contributed by atoms with Gasteiger partial charge in [-0.2, -0.15) is 15.2 Å². The molecule has 1 aliphatic heterocycles. The number of anilines is 2. The van der Waals surface area contributed by atoms with Crippen LogP contribution >= 0.6 is 0 Å². The number of amides is 1. The average Bonchev–Trinajstić information content (AvgIpc) is 3.66. The van der Waals surface area contributed by atoms with Crippen molar-refractivity contribution in [3.63, 3.8) is 0 Å². The number of halogens is 1. The van der Waals surface area contributed by atoms with Crippen LogP contribution in [0.1, 0.15) is 50.0 Å². The Hall–Kier alpha value is -3.75. The number of hydrogen-bond acceptors (Lipinski definition) is 10. The summed E-state index contributed by atoms with van der Waals surface area (Å²) in [5.41, 5.74) is 3.84. The van der Waals surface area contributed by atoms with Gasteiger partial charge >= 0.3 is 6.01 Å². The van der Waals surface area contributed by atoms with Gasteiger partial charge in [-0.25, -0.2) is 14.4 Å². The van der Waals surface area contributed by atoms with Crippen LogP contribution < -0.4 is 25.4 Å². The van der Waals surface area contributed by atoms with Crippen molar-refractivity contribution < 1.29 is 18.7 Å². The second-order valence-corrected chi connectivity index (χ2v) is 9.99. The third kappa shape index (κ3) is 6.68. The molecular formula is C24H31FN8O3. The first-order chi connectivity index (χ1) is 17.2. The van der Waals surface area contributed by atoms with Crippen LogP contribution in [-0.4, -0.2) is 64.4 Å². The lowest BCUT2D eigenvalue weighted by Gasteiger charge is -2.32. The largest absolute Gasteiger partial charge is 0.488 e. The van der Waals surface area contributed by atoms with Crippen LogP contribution in [0.4, 0.5) is 16.0 Å². The number of piperidine rings is 1. The Kier molecular flexibility index (Phi) is 7.37. The van der Waals surface area contributed by atoms with Gasteiger partial charge in [0.25, 0.3) is 5.91 Å². The maximum atomic E-state index is 13.9. The molecule has 0 spiro atoms. The van der Waals surface area contributed by atoms with E-state index in [0.717, 1.165) is 25.7 Å². The molecule has 1 aliphatic carbocycles. The Morgan fingerprint density at radius 2 is 2.08 bits per heavy atom. The molecule has 1 amide bonds. The van der Waals surface area contributed by atoms with E-state index in [4.69, 9.17) is 15.2 Å². The molecule has 0 bridgehead atoms. The van der Waals surface area contributed by atoms with Crippen molar-refractivity contribution in [3.05, 3.63) is 24.3 Å². The van der Waals surface area contributed by atoms with Crippen molar-refractivity contribution in [2.45, 2.75) is 45.2 Å². The fourth-order valence-corrected chi connectivity index (χ4v) is 3.75. The van der Waals surface area contributed by atoms with Crippen LogP contribution in [0.5, 0.6) is 11.8 Å². The number of aromatic nitrogens is 4. The van der Waals surface area contributed by atoms with Crippen LogP contribution in [0.3, 0.4) is 0 Å². The van der Waals surface area contributed by atoms with Crippen molar-refractivity contribution in [2.24, 2.45) is 11.3 Å². The summed E-state index contributed by atoms with van der Waals surface area (Å²) in [4.78, 5) is 31.4. The number of nitrogens with one attached hydrogen (secondary N) is 1. The van der Waals surface area contributed by atoms with E-state index in [2.05, 4.69) is 36.2 Å². The molecule has 36 heavy (non-hydrogen) atoms. The molecule has 2 aliphatic rings. The van der Waals surface area contributed by atoms with Gasteiger partial charge in [0.2, 0.25) is 0 Å². The van der Waals surface area contributed by atoms with E-state index < -0.39 is 17.0 Å². The summed E-state index contributed by atoms with van der Waals surface area (Å²) >= 11 is 0. The van der Waals surface area contributed by atoms with Gasteiger partial charge in [0.15, 0.2) is 11.6 Å². The molecule has 1 saturated heterocycles. The molecule has 2 aromatic heterocycles. The van der Waals surface area contributed by atoms with Crippen molar-refractivity contribution in [3.8, 4) is 17.8 Å². The smallest absolute Gasteiger partial charge is 0.319 e. The predicted octanol–water partition coefficient (Wildman–Crippen LogP) is 2.30. The lowest BCUT2D eigenvalue weighted by molar-refractivity contribution is 0.0914. The van der Waals surface area contributed by atoms with Crippen LogP contribution in [0, 0.1) is 22.7 Å². The molecule has 0 aromatic carbocycles. The fourth-order valence-electron chi connectivity index (χ4n) is 3.75. The Bertz CT molecular complexity index is 1120. The molecule has 3 N–H and O–H groups in total. The number of hydrogen-bond donors (Lipinski definition) is 2. The quantitative estimate of drug-likeness (QED) is 0.499. The SMILES string of the molecule is CC(C)(F)CNC(=O)c1cc(N2CCC(COc3cncnc3N)CC2)nc(OCC2(C#N)CC2)n1. The number of alkyl halides is 1. The number of nitrogens with zero attached hydrogens (tertiary/aromatic N) is 6. The Balaban J connectivity index is 1.42. The highest BCUT2D eigenvalue weighted by molar-refractivity contribution is 5.93. The molecule has 11 nitrogen and oxygen atoms in total. The fraction of sp³-hybridized carbons (Fsp3) is 0.583. The number of nitriles is 1. The number of ether oxygens (including phenoxy) is 2. The minimum absolute atomic E-state index is 0.0312. The van der Waals surface area contributed by atoms with Crippen LogP contribution in [0.2, 0.25) is 0 Å². The van der Waals surface area contributed by atoms with Crippen molar-refractivity contribution in [2.75, 3.05) is 43.5 Å². The van der Waals surface area contributed by atoms with Crippen molar-refractivity contribution in [1.29, 1.82) is 5.26 Å². The minimum atomic E-state index is -1.56. The van der Waals surface area contributed by atoms with Crippen LogP contribution in [0.15, 0.2) is 18.6 Å². The van der Waals surface area contributed by atoms with E-state index in [1.807, 2.05) is 0 Å². The van der Waals surface area contributed by atoms with E-state index in [9.17, 15) is 14.4 Å². The molecule has 3 heterocycles. The van der Waals surface area contributed by atoms with Crippen molar-refractivity contribution >= 4 is 17.5 Å². The molecule has 0 unspecified atom stereocenters. The van der Waals surface area contributed by atoms with E-state index in [0.29, 0.717) is 43.0 Å². The number of nitrogen functional groups attached to an aromatic ring is 1. The molecule has 2 aromatic rings. The lowest BCUT2D eigenvalue weighted by Crippen LogP contribution is -2.37. The monoisotopic (exact) mass is 498 g/mol. The Labute approximate surface area is 209 Å². The second-order valence-electron chi connectivity index (χ2n) is 9.99. The molecule has 4 rings (SSSR count). The van der Waals surface area contributed by atoms with E-state index >= 15 is 0 Å². The summed E-state index contributed by atoms with van der Waals surface area (Å²) in [7, 11) is 0. The molecular weight excluding hydrogens is 467 g/mol. The van der Waals surface area contributed by atoms with E-state index in [1.165, 1.54) is 20.2 Å². The summed E-state index contributed by atoms with van der Waals surface area (Å²) in [6, 6.07) is 3.89. The van der Waals surface area contributed by atoms with Gasteiger partial charge in [-0.15, -0.1) is 0 Å². The van der Waals surface area contributed by atoms with Crippen LogP contribution in [-0.2, 0) is 0 Å². The van der Waals surface area contributed by atoms with Gasteiger partial charge in [-0.3, -0.25) is 4.79 Å². The molecule has 1 saturated carbocycles. The summed E-state index contributed by atoms with van der Waals surface area (Å²) in [6.07, 6.45) is 6.12. The molecule has 0 radical (unpaired) electrons. The third-order valence-corrected chi connectivity index (χ3v) is 6.28. The van der Waals surface area contributed by atoms with E-state index in [-0.39, 0.29) is 24.9 Å². The zero-order valence-corrected chi connectivity index (χ0v) is 20.5. The third-order valence-electron chi connectivity index (χ3n) is 6.28. The number of rotatable bonds is 10. The summed E-state index contributed by atoms with van der Waals surface area (Å²) < 4.78 is 25.4. The summed E-state index contributed by atoms with van der Waals surface area (Å²) in [5.74, 6) is 1.11. The molecule has 192 valence electrons. The molecule has 2 fully saturated rings. The number of carbonyl (C=O) groups is 1. The summed E-state index contributed by atoms with van der Waals surface area (Å²) in [6.45, 7) is 4.65. The van der Waals surface area contributed by atoms with Crippen LogP contribution in [0.25, 0.3) is 0 Å². The highest BCUT2D eigenvalue weighted by Gasteiger charge is 2.44.